The largest absolute Gasteiger partial charge is 0.385 e. The number of nitrogens with two attached hydrogens (primary N) is 1. The van der Waals surface area contributed by atoms with Crippen LogP contribution < -0.4 is 16.6 Å². The molecule has 7 heteroatoms. The number of piperidine rings is 1. The molecule has 0 amide bonds. The number of anilines is 2. The van der Waals surface area contributed by atoms with Crippen LogP contribution in [0.3, 0.4) is 0 Å². The number of hydrogen-bond donors (Lipinski definition) is 3. The van der Waals surface area contributed by atoms with Crippen molar-refractivity contribution >= 4 is 17.1 Å². The van der Waals surface area contributed by atoms with E-state index in [0.717, 1.165) is 44.7 Å². The Kier molecular flexibility index (Phi) is 5.35. The summed E-state index contributed by atoms with van der Waals surface area (Å²) in [6.45, 7) is 6.39. The van der Waals surface area contributed by atoms with Crippen LogP contribution in [0, 0.1) is 16.0 Å². The molecule has 0 atom stereocenters. The van der Waals surface area contributed by atoms with Gasteiger partial charge in [0.25, 0.3) is 5.69 Å². The van der Waals surface area contributed by atoms with Crippen LogP contribution in [0.25, 0.3) is 0 Å². The van der Waals surface area contributed by atoms with E-state index in [4.69, 9.17) is 5.84 Å². The number of nitro benzene ring substituents is 1. The Hall–Kier alpha value is -1.86. The molecular weight excluding hydrogens is 270 g/mol. The Morgan fingerprint density at radius 1 is 1.33 bits per heavy atom. The number of benzene rings is 1. The number of rotatable bonds is 6. The maximum absolute atomic E-state index is 10.9. The zero-order chi connectivity index (χ0) is 15.2. The van der Waals surface area contributed by atoms with Crippen LogP contribution in [-0.4, -0.2) is 36.0 Å². The van der Waals surface area contributed by atoms with E-state index in [9.17, 15) is 10.1 Å². The quantitative estimate of drug-likeness (QED) is 0.422. The number of likely N-dealkylation sites (tertiary alicyclic amines) is 1. The predicted molar refractivity (Wildman–Crippen MR) is 84.2 cm³/mol. The molecule has 116 valence electrons. The lowest BCUT2D eigenvalue weighted by Gasteiger charge is -2.31. The van der Waals surface area contributed by atoms with Crippen molar-refractivity contribution in [1.29, 1.82) is 0 Å². The number of non-ortho nitro benzene ring substituents is 1. The fourth-order valence-electron chi connectivity index (χ4n) is 2.67. The van der Waals surface area contributed by atoms with Crippen molar-refractivity contribution in [2.24, 2.45) is 11.8 Å². The maximum Gasteiger partial charge on any atom is 0.273 e. The van der Waals surface area contributed by atoms with E-state index in [1.54, 1.807) is 12.1 Å². The van der Waals surface area contributed by atoms with Gasteiger partial charge in [0, 0.05) is 24.4 Å². The molecule has 7 nitrogen and oxygen atoms in total. The highest BCUT2D eigenvalue weighted by atomic mass is 16.6. The summed E-state index contributed by atoms with van der Waals surface area (Å²) in [5, 5.41) is 14.2. The van der Waals surface area contributed by atoms with Gasteiger partial charge < -0.3 is 15.6 Å². The molecule has 4 N–H and O–H groups in total. The number of nitrogen functional groups attached to an aromatic ring is 1. The Balaban J connectivity index is 1.93. The Bertz CT molecular complexity index is 486. The second-order valence-electron chi connectivity index (χ2n) is 5.43. The number of hydrogen-bond acceptors (Lipinski definition) is 6. The van der Waals surface area contributed by atoms with Gasteiger partial charge in [0.15, 0.2) is 0 Å². The van der Waals surface area contributed by atoms with Crippen LogP contribution in [-0.2, 0) is 0 Å². The van der Waals surface area contributed by atoms with E-state index >= 15 is 0 Å². The Morgan fingerprint density at radius 3 is 2.57 bits per heavy atom. The summed E-state index contributed by atoms with van der Waals surface area (Å²) in [6, 6.07) is 4.75. The van der Waals surface area contributed by atoms with Crippen LogP contribution in [0.4, 0.5) is 17.1 Å². The van der Waals surface area contributed by atoms with Gasteiger partial charge in [-0.25, -0.2) is 0 Å². The van der Waals surface area contributed by atoms with Crippen molar-refractivity contribution in [3.05, 3.63) is 28.3 Å². The van der Waals surface area contributed by atoms with Crippen LogP contribution in [0.1, 0.15) is 19.8 Å². The molecule has 0 bridgehead atoms. The minimum Gasteiger partial charge on any atom is -0.385 e. The molecule has 1 aromatic rings. The topological polar surface area (TPSA) is 96.5 Å². The van der Waals surface area contributed by atoms with Crippen molar-refractivity contribution < 1.29 is 4.92 Å². The minimum atomic E-state index is -0.411. The van der Waals surface area contributed by atoms with Crippen LogP contribution in [0.2, 0.25) is 0 Å². The highest BCUT2D eigenvalue weighted by Crippen LogP contribution is 2.25. The van der Waals surface area contributed by atoms with E-state index in [2.05, 4.69) is 22.6 Å². The third-order valence-corrected chi connectivity index (χ3v) is 4.04. The Labute approximate surface area is 124 Å². The standard InChI is InChI=1S/C14H23N5O2/c1-2-18-5-3-11(4-6-18)10-16-12-7-13(17-15)9-14(8-12)19(20)21/h7-9,11,16-17H,2-6,10,15H2,1H3. The molecule has 0 aliphatic carbocycles. The van der Waals surface area contributed by atoms with Gasteiger partial charge in [-0.2, -0.15) is 0 Å². The summed E-state index contributed by atoms with van der Waals surface area (Å²) >= 11 is 0. The normalized spacial score (nSPS) is 16.7. The van der Waals surface area contributed by atoms with Crippen LogP contribution >= 0.6 is 0 Å². The smallest absolute Gasteiger partial charge is 0.273 e. The predicted octanol–water partition coefficient (Wildman–Crippen LogP) is 2.02. The first-order chi connectivity index (χ1) is 10.1. The maximum atomic E-state index is 10.9. The fourth-order valence-corrected chi connectivity index (χ4v) is 2.67. The first kappa shape index (κ1) is 15.5. The van der Waals surface area contributed by atoms with E-state index in [1.165, 1.54) is 6.07 Å². The molecule has 1 fully saturated rings. The first-order valence-corrected chi connectivity index (χ1v) is 7.34. The summed E-state index contributed by atoms with van der Waals surface area (Å²) in [6.07, 6.45) is 2.33. The molecule has 0 aromatic heterocycles. The molecule has 0 saturated carbocycles. The molecule has 0 spiro atoms. The van der Waals surface area contributed by atoms with Gasteiger partial charge in [0.1, 0.15) is 0 Å². The van der Waals surface area contributed by atoms with Gasteiger partial charge >= 0.3 is 0 Å². The zero-order valence-electron chi connectivity index (χ0n) is 12.3. The number of nitrogens with one attached hydrogen (secondary N) is 2. The SMILES string of the molecule is CCN1CCC(CNc2cc(NN)cc([N+](=O)[O-])c2)CC1. The van der Waals surface area contributed by atoms with Crippen molar-refractivity contribution in [3.63, 3.8) is 0 Å². The lowest BCUT2D eigenvalue weighted by Crippen LogP contribution is -2.35. The second kappa shape index (κ2) is 7.24. The third-order valence-electron chi connectivity index (χ3n) is 4.04. The van der Waals surface area contributed by atoms with Gasteiger partial charge in [0.05, 0.1) is 10.6 Å². The first-order valence-electron chi connectivity index (χ1n) is 7.34. The minimum absolute atomic E-state index is 0.0359. The van der Waals surface area contributed by atoms with E-state index in [0.29, 0.717) is 11.6 Å². The molecule has 1 aromatic carbocycles. The molecule has 0 unspecified atom stereocenters. The summed E-state index contributed by atoms with van der Waals surface area (Å²) in [4.78, 5) is 12.9. The molecule has 21 heavy (non-hydrogen) atoms. The van der Waals surface area contributed by atoms with Crippen molar-refractivity contribution in [2.45, 2.75) is 19.8 Å². The highest BCUT2D eigenvalue weighted by Gasteiger charge is 2.18. The lowest BCUT2D eigenvalue weighted by molar-refractivity contribution is -0.384. The number of hydrazine groups is 1. The van der Waals surface area contributed by atoms with Crippen molar-refractivity contribution in [2.75, 3.05) is 36.9 Å². The lowest BCUT2D eigenvalue weighted by atomic mass is 9.97. The van der Waals surface area contributed by atoms with Crippen LogP contribution in [0.5, 0.6) is 0 Å². The average molecular weight is 293 g/mol. The van der Waals surface area contributed by atoms with Gasteiger partial charge in [-0.15, -0.1) is 0 Å². The van der Waals surface area contributed by atoms with E-state index in [-0.39, 0.29) is 5.69 Å². The van der Waals surface area contributed by atoms with Crippen molar-refractivity contribution in [1.82, 2.24) is 4.90 Å². The molecule has 2 rings (SSSR count). The van der Waals surface area contributed by atoms with E-state index in [1.807, 2.05) is 0 Å². The number of nitrogens with zero attached hydrogens (tertiary/aromatic N) is 2. The summed E-state index contributed by atoms with van der Waals surface area (Å²) in [5.74, 6) is 5.96. The van der Waals surface area contributed by atoms with Crippen LogP contribution in [0.15, 0.2) is 18.2 Å². The molecular formula is C14H23N5O2. The summed E-state index contributed by atoms with van der Waals surface area (Å²) in [7, 11) is 0. The van der Waals surface area contributed by atoms with Gasteiger partial charge in [-0.05, 0) is 44.5 Å². The van der Waals surface area contributed by atoms with Crippen molar-refractivity contribution in [3.8, 4) is 0 Å². The molecule has 1 heterocycles. The Morgan fingerprint density at radius 2 is 2.00 bits per heavy atom. The molecule has 1 saturated heterocycles. The zero-order valence-corrected chi connectivity index (χ0v) is 12.3. The van der Waals surface area contributed by atoms with Gasteiger partial charge in [-0.3, -0.25) is 16.0 Å². The van der Waals surface area contributed by atoms with Gasteiger partial charge in [-0.1, -0.05) is 6.92 Å². The summed E-state index contributed by atoms with van der Waals surface area (Å²) < 4.78 is 0. The highest BCUT2D eigenvalue weighted by molar-refractivity contribution is 5.63. The number of nitro groups is 1. The molecule has 0 radical (unpaired) electrons. The van der Waals surface area contributed by atoms with E-state index < -0.39 is 4.92 Å². The van der Waals surface area contributed by atoms with Gasteiger partial charge in [0.2, 0.25) is 0 Å². The monoisotopic (exact) mass is 293 g/mol. The average Bonchev–Trinajstić information content (AvgIpc) is 2.53. The third kappa shape index (κ3) is 4.30. The molecule has 1 aliphatic heterocycles. The second-order valence-corrected chi connectivity index (χ2v) is 5.43. The molecule has 1 aliphatic rings. The summed E-state index contributed by atoms with van der Waals surface area (Å²) in [5.41, 5.74) is 3.77. The fraction of sp³-hybridized carbons (Fsp3) is 0.571.